The van der Waals surface area contributed by atoms with Gasteiger partial charge >= 0.3 is 0 Å². The molecule has 1 heterocycles. The number of nitrogens with zero attached hydrogens (tertiary/aromatic N) is 3. The van der Waals surface area contributed by atoms with E-state index < -0.39 is 0 Å². The average Bonchev–Trinajstić information content (AvgIpc) is 2.82. The highest BCUT2D eigenvalue weighted by Crippen LogP contribution is 2.35. The number of carbonyl (C=O) groups excluding carboxylic acids is 1. The van der Waals surface area contributed by atoms with Gasteiger partial charge in [-0.15, -0.1) is 0 Å². The molecule has 0 fully saturated rings. The fourth-order valence-electron chi connectivity index (χ4n) is 2.61. The molecule has 0 unspecified atom stereocenters. The maximum absolute atomic E-state index is 12.4. The first-order valence-electron chi connectivity index (χ1n) is 7.03. The third-order valence-electron chi connectivity index (χ3n) is 3.69. The largest absolute Gasteiger partial charge is 0.343 e. The van der Waals surface area contributed by atoms with Gasteiger partial charge in [0.05, 0.1) is 0 Å². The summed E-state index contributed by atoms with van der Waals surface area (Å²) in [6, 6.07) is 11.1. The molecular weight excluding hydrogens is 333 g/mol. The Morgan fingerprint density at radius 2 is 1.87 bits per heavy atom. The van der Waals surface area contributed by atoms with Crippen molar-refractivity contribution in [3.05, 3.63) is 52.1 Å². The second-order valence-corrected chi connectivity index (χ2v) is 6.34. The number of benzene rings is 2. The quantitative estimate of drug-likeness (QED) is 0.694. The normalized spacial score (nSPS) is 11.0. The summed E-state index contributed by atoms with van der Waals surface area (Å²) >= 11 is 12.3. The predicted octanol–water partition coefficient (Wildman–Crippen LogP) is 4.25. The maximum atomic E-state index is 12.4. The molecular formula is C17H15Cl2N3O. The van der Waals surface area contributed by atoms with Crippen LogP contribution in [0.3, 0.4) is 0 Å². The van der Waals surface area contributed by atoms with Crippen molar-refractivity contribution < 1.29 is 4.79 Å². The second-order valence-electron chi connectivity index (χ2n) is 5.50. The first-order valence-corrected chi connectivity index (χ1v) is 7.78. The highest BCUT2D eigenvalue weighted by molar-refractivity contribution is 6.36. The molecule has 3 aromatic rings. The van der Waals surface area contributed by atoms with Gasteiger partial charge in [-0.05, 0) is 12.1 Å². The van der Waals surface area contributed by atoms with E-state index in [9.17, 15) is 4.79 Å². The molecule has 23 heavy (non-hydrogen) atoms. The molecule has 0 aliphatic carbocycles. The molecule has 0 aliphatic rings. The van der Waals surface area contributed by atoms with Crippen LogP contribution in [-0.4, -0.2) is 34.7 Å². The fourth-order valence-corrected chi connectivity index (χ4v) is 3.12. The topological polar surface area (TPSA) is 38.1 Å². The Balaban J connectivity index is 2.29. The Labute approximate surface area is 144 Å². The molecule has 3 rings (SSSR count). The Hall–Kier alpha value is -2.04. The molecule has 2 aromatic carbocycles. The number of hydrogen-bond donors (Lipinski definition) is 0. The third-order valence-corrected chi connectivity index (χ3v) is 4.24. The van der Waals surface area contributed by atoms with E-state index in [-0.39, 0.29) is 5.91 Å². The summed E-state index contributed by atoms with van der Waals surface area (Å²) in [4.78, 5) is 14.0. The predicted molar refractivity (Wildman–Crippen MR) is 94.2 cm³/mol. The van der Waals surface area contributed by atoms with Gasteiger partial charge in [0.1, 0.15) is 11.2 Å². The lowest BCUT2D eigenvalue weighted by atomic mass is 10.0. The zero-order chi connectivity index (χ0) is 16.7. The second kappa shape index (κ2) is 5.87. The van der Waals surface area contributed by atoms with E-state index in [1.54, 1.807) is 42.9 Å². The van der Waals surface area contributed by atoms with Gasteiger partial charge in [-0.3, -0.25) is 9.48 Å². The summed E-state index contributed by atoms with van der Waals surface area (Å²) in [6.45, 7) is 0. The first-order chi connectivity index (χ1) is 10.9. The molecule has 118 valence electrons. The van der Waals surface area contributed by atoms with Crippen molar-refractivity contribution in [3.63, 3.8) is 0 Å². The van der Waals surface area contributed by atoms with Crippen molar-refractivity contribution in [2.24, 2.45) is 7.05 Å². The van der Waals surface area contributed by atoms with E-state index in [0.29, 0.717) is 15.7 Å². The minimum Gasteiger partial charge on any atom is -0.343 e. The number of carbonyl (C=O) groups is 1. The molecule has 6 heteroatoms. The van der Waals surface area contributed by atoms with Crippen LogP contribution in [0.25, 0.3) is 22.0 Å². The van der Waals surface area contributed by atoms with Crippen molar-refractivity contribution >= 4 is 40.0 Å². The number of aryl methyl sites for hydroxylation is 1. The lowest BCUT2D eigenvalue weighted by Gasteiger charge is -2.10. The van der Waals surface area contributed by atoms with Crippen LogP contribution >= 0.6 is 23.2 Å². The molecule has 0 atom stereocenters. The highest BCUT2D eigenvalue weighted by Gasteiger charge is 2.20. The van der Waals surface area contributed by atoms with Crippen molar-refractivity contribution in [1.29, 1.82) is 0 Å². The Bertz CT molecular complexity index is 916. The average molecular weight is 348 g/mol. The Kier molecular flexibility index (Phi) is 4.04. The van der Waals surface area contributed by atoms with E-state index in [0.717, 1.165) is 22.0 Å². The van der Waals surface area contributed by atoms with Crippen molar-refractivity contribution in [3.8, 4) is 11.1 Å². The van der Waals surface area contributed by atoms with Gasteiger partial charge in [0, 0.05) is 47.7 Å². The molecule has 1 amide bonds. The molecule has 4 nitrogen and oxygen atoms in total. The zero-order valence-corrected chi connectivity index (χ0v) is 14.5. The van der Waals surface area contributed by atoms with E-state index in [1.807, 2.05) is 24.3 Å². The van der Waals surface area contributed by atoms with E-state index in [4.69, 9.17) is 23.2 Å². The number of hydrogen-bond acceptors (Lipinski definition) is 2. The monoisotopic (exact) mass is 347 g/mol. The Morgan fingerprint density at radius 3 is 2.52 bits per heavy atom. The van der Waals surface area contributed by atoms with Gasteiger partial charge < -0.3 is 4.90 Å². The number of amides is 1. The number of aromatic nitrogens is 2. The maximum Gasteiger partial charge on any atom is 0.272 e. The summed E-state index contributed by atoms with van der Waals surface area (Å²) in [5.41, 5.74) is 3.00. The van der Waals surface area contributed by atoms with Gasteiger partial charge in [0.2, 0.25) is 0 Å². The van der Waals surface area contributed by atoms with Crippen LogP contribution in [0.1, 0.15) is 10.5 Å². The standard InChI is InChI=1S/C17H15Cl2N3O/c1-21(2)17(23)16-13-6-4-5-12(15(13)20-22(16)3)11-8-7-10(18)9-14(11)19/h4-9H,1-3H3. The minimum atomic E-state index is -0.0886. The van der Waals surface area contributed by atoms with E-state index >= 15 is 0 Å². The van der Waals surface area contributed by atoms with Crippen LogP contribution in [0, 0.1) is 0 Å². The minimum absolute atomic E-state index is 0.0886. The number of halogens is 2. The third kappa shape index (κ3) is 2.69. The lowest BCUT2D eigenvalue weighted by Crippen LogP contribution is -2.24. The molecule has 0 saturated heterocycles. The summed E-state index contributed by atoms with van der Waals surface area (Å²) in [5, 5.41) is 6.47. The Morgan fingerprint density at radius 1 is 1.13 bits per heavy atom. The first kappa shape index (κ1) is 15.8. The van der Waals surface area contributed by atoms with Crippen LogP contribution in [0.5, 0.6) is 0 Å². The van der Waals surface area contributed by atoms with Crippen molar-refractivity contribution in [2.75, 3.05) is 14.1 Å². The smallest absolute Gasteiger partial charge is 0.272 e. The number of fused-ring (bicyclic) bond motifs is 1. The summed E-state index contributed by atoms with van der Waals surface area (Å²) in [5.74, 6) is -0.0886. The van der Waals surface area contributed by atoms with Crippen LogP contribution in [0.15, 0.2) is 36.4 Å². The van der Waals surface area contributed by atoms with E-state index in [2.05, 4.69) is 5.10 Å². The van der Waals surface area contributed by atoms with Crippen molar-refractivity contribution in [1.82, 2.24) is 14.7 Å². The van der Waals surface area contributed by atoms with Gasteiger partial charge in [-0.1, -0.05) is 47.5 Å². The molecule has 0 N–H and O–H groups in total. The van der Waals surface area contributed by atoms with Gasteiger partial charge in [-0.2, -0.15) is 5.10 Å². The summed E-state index contributed by atoms with van der Waals surface area (Å²) < 4.78 is 1.61. The van der Waals surface area contributed by atoms with Crippen molar-refractivity contribution in [2.45, 2.75) is 0 Å². The fraction of sp³-hybridized carbons (Fsp3) is 0.176. The zero-order valence-electron chi connectivity index (χ0n) is 13.0. The SMILES string of the molecule is CN(C)C(=O)c1c2cccc(-c3ccc(Cl)cc3Cl)c2nn1C. The van der Waals surface area contributed by atoms with Gasteiger partial charge in [0.25, 0.3) is 5.91 Å². The van der Waals surface area contributed by atoms with E-state index in [1.165, 1.54) is 0 Å². The molecule has 0 radical (unpaired) electrons. The summed E-state index contributed by atoms with van der Waals surface area (Å²) in [7, 11) is 5.21. The highest BCUT2D eigenvalue weighted by atomic mass is 35.5. The van der Waals surface area contributed by atoms with Crippen LogP contribution in [-0.2, 0) is 7.05 Å². The lowest BCUT2D eigenvalue weighted by molar-refractivity contribution is 0.0819. The summed E-state index contributed by atoms with van der Waals surface area (Å²) in [6.07, 6.45) is 0. The molecule has 1 aromatic heterocycles. The van der Waals surface area contributed by atoms with Crippen LogP contribution in [0.2, 0.25) is 10.0 Å². The van der Waals surface area contributed by atoms with Gasteiger partial charge in [-0.25, -0.2) is 0 Å². The van der Waals surface area contributed by atoms with Gasteiger partial charge in [0.15, 0.2) is 0 Å². The molecule has 0 saturated carbocycles. The molecule has 0 aliphatic heterocycles. The molecule has 0 spiro atoms. The van der Waals surface area contributed by atoms with Crippen LogP contribution in [0.4, 0.5) is 0 Å². The van der Waals surface area contributed by atoms with Crippen LogP contribution < -0.4 is 0 Å². The molecule has 0 bridgehead atoms. The number of rotatable bonds is 2.